The van der Waals surface area contributed by atoms with E-state index in [1.54, 1.807) is 6.92 Å². The maximum absolute atomic E-state index is 12.4. The number of non-ortho nitro benzene ring substituents is 1. The van der Waals surface area contributed by atoms with Crippen LogP contribution in [-0.4, -0.2) is 32.9 Å². The molecule has 1 amide bonds. The molecule has 1 N–H and O–H groups in total. The van der Waals surface area contributed by atoms with Crippen LogP contribution in [0.3, 0.4) is 0 Å². The standard InChI is InChI=1S/C13H14N4O4S/c1-2-16-10-7-8(17(20)21)3-4-9(10)12(18)11(15-16)13(19)14-5-6-22/h3-4,7,22H,2,5-6H2,1H3,(H,14,19). The second-order valence-electron chi connectivity index (χ2n) is 4.43. The van der Waals surface area contributed by atoms with Gasteiger partial charge in [0, 0.05) is 31.0 Å². The van der Waals surface area contributed by atoms with E-state index >= 15 is 0 Å². The van der Waals surface area contributed by atoms with E-state index in [1.807, 2.05) is 0 Å². The minimum atomic E-state index is -0.582. The molecule has 0 aliphatic heterocycles. The third-order valence-electron chi connectivity index (χ3n) is 3.06. The zero-order valence-corrected chi connectivity index (χ0v) is 12.7. The summed E-state index contributed by atoms with van der Waals surface area (Å²) in [6.07, 6.45) is 0. The van der Waals surface area contributed by atoms with Crippen LogP contribution in [-0.2, 0) is 6.54 Å². The summed E-state index contributed by atoms with van der Waals surface area (Å²) in [6.45, 7) is 2.45. The summed E-state index contributed by atoms with van der Waals surface area (Å²) < 4.78 is 1.40. The molecule has 0 fully saturated rings. The number of rotatable bonds is 5. The minimum absolute atomic E-state index is 0.136. The number of amides is 1. The molecule has 8 nitrogen and oxygen atoms in total. The summed E-state index contributed by atoms with van der Waals surface area (Å²) in [6, 6.07) is 3.86. The fraction of sp³-hybridized carbons (Fsp3) is 0.308. The van der Waals surface area contributed by atoms with Crippen molar-refractivity contribution in [2.24, 2.45) is 0 Å². The normalized spacial score (nSPS) is 10.6. The number of fused-ring (bicyclic) bond motifs is 1. The highest BCUT2D eigenvalue weighted by molar-refractivity contribution is 7.80. The lowest BCUT2D eigenvalue weighted by molar-refractivity contribution is -0.384. The van der Waals surface area contributed by atoms with Gasteiger partial charge in [-0.05, 0) is 13.0 Å². The number of carbonyl (C=O) groups is 1. The lowest BCUT2D eigenvalue weighted by Gasteiger charge is -2.10. The molecule has 0 saturated carbocycles. The molecule has 0 saturated heterocycles. The van der Waals surface area contributed by atoms with Crippen molar-refractivity contribution in [2.75, 3.05) is 12.3 Å². The molecule has 1 heterocycles. The van der Waals surface area contributed by atoms with Crippen LogP contribution in [0.2, 0.25) is 0 Å². The van der Waals surface area contributed by atoms with E-state index in [0.29, 0.717) is 24.4 Å². The summed E-state index contributed by atoms with van der Waals surface area (Å²) in [5, 5.41) is 17.6. The van der Waals surface area contributed by atoms with E-state index in [1.165, 1.54) is 22.9 Å². The highest BCUT2D eigenvalue weighted by Crippen LogP contribution is 2.18. The number of nitrogens with zero attached hydrogens (tertiary/aromatic N) is 3. The molecular formula is C13H14N4O4S. The van der Waals surface area contributed by atoms with Crippen molar-refractivity contribution >= 4 is 35.1 Å². The number of nitro groups is 1. The molecule has 0 aliphatic rings. The molecule has 9 heteroatoms. The van der Waals surface area contributed by atoms with Gasteiger partial charge in [-0.3, -0.25) is 24.4 Å². The first kappa shape index (κ1) is 16.0. The number of benzene rings is 1. The van der Waals surface area contributed by atoms with E-state index in [9.17, 15) is 19.7 Å². The number of nitrogens with one attached hydrogen (secondary N) is 1. The quantitative estimate of drug-likeness (QED) is 0.485. The Morgan fingerprint density at radius 2 is 2.23 bits per heavy atom. The van der Waals surface area contributed by atoms with Gasteiger partial charge in [0.25, 0.3) is 11.6 Å². The molecule has 2 rings (SSSR count). The van der Waals surface area contributed by atoms with E-state index in [4.69, 9.17) is 0 Å². The second kappa shape index (κ2) is 6.56. The summed E-state index contributed by atoms with van der Waals surface area (Å²) in [4.78, 5) is 34.6. The monoisotopic (exact) mass is 322 g/mol. The van der Waals surface area contributed by atoms with Crippen LogP contribution < -0.4 is 10.7 Å². The summed E-state index contributed by atoms with van der Waals surface area (Å²) in [5.41, 5.74) is -0.591. The molecule has 0 unspecified atom stereocenters. The van der Waals surface area contributed by atoms with Crippen LogP contribution in [0, 0.1) is 10.1 Å². The van der Waals surface area contributed by atoms with Crippen LogP contribution >= 0.6 is 12.6 Å². The van der Waals surface area contributed by atoms with Crippen molar-refractivity contribution < 1.29 is 9.72 Å². The number of nitro benzene ring substituents is 1. The first-order chi connectivity index (χ1) is 10.5. The molecule has 1 aromatic heterocycles. The van der Waals surface area contributed by atoms with Crippen molar-refractivity contribution in [1.82, 2.24) is 15.1 Å². The van der Waals surface area contributed by atoms with E-state index < -0.39 is 16.3 Å². The van der Waals surface area contributed by atoms with Crippen molar-refractivity contribution in [1.29, 1.82) is 0 Å². The molecular weight excluding hydrogens is 308 g/mol. The molecule has 2 aromatic rings. The highest BCUT2D eigenvalue weighted by atomic mass is 32.1. The average molecular weight is 322 g/mol. The summed E-state index contributed by atoms with van der Waals surface area (Å²) >= 11 is 3.98. The van der Waals surface area contributed by atoms with Gasteiger partial charge < -0.3 is 5.32 Å². The molecule has 0 spiro atoms. The average Bonchev–Trinajstić information content (AvgIpc) is 2.52. The van der Waals surface area contributed by atoms with Crippen molar-refractivity contribution in [3.63, 3.8) is 0 Å². The topological polar surface area (TPSA) is 107 Å². The predicted molar refractivity (Wildman–Crippen MR) is 84.5 cm³/mol. The van der Waals surface area contributed by atoms with Gasteiger partial charge in [0.2, 0.25) is 5.43 Å². The van der Waals surface area contributed by atoms with Gasteiger partial charge in [-0.15, -0.1) is 0 Å². The fourth-order valence-corrected chi connectivity index (χ4v) is 2.14. The van der Waals surface area contributed by atoms with Gasteiger partial charge >= 0.3 is 0 Å². The van der Waals surface area contributed by atoms with Gasteiger partial charge in [0.1, 0.15) is 0 Å². The van der Waals surface area contributed by atoms with Crippen LogP contribution in [0.5, 0.6) is 0 Å². The van der Waals surface area contributed by atoms with Gasteiger partial charge in [-0.25, -0.2) is 0 Å². The van der Waals surface area contributed by atoms with Gasteiger partial charge in [0.05, 0.1) is 15.8 Å². The summed E-state index contributed by atoms with van der Waals surface area (Å²) in [5.74, 6) is -0.144. The molecule has 0 radical (unpaired) electrons. The van der Waals surface area contributed by atoms with E-state index in [-0.39, 0.29) is 16.8 Å². The van der Waals surface area contributed by atoms with Gasteiger partial charge in [-0.1, -0.05) is 0 Å². The zero-order chi connectivity index (χ0) is 16.3. The smallest absolute Gasteiger partial charge is 0.275 e. The number of hydrogen-bond acceptors (Lipinski definition) is 6. The molecule has 0 aliphatic carbocycles. The number of aryl methyl sites for hydroxylation is 1. The fourth-order valence-electron chi connectivity index (χ4n) is 2.03. The third-order valence-corrected chi connectivity index (χ3v) is 3.29. The Morgan fingerprint density at radius 1 is 1.50 bits per heavy atom. The molecule has 116 valence electrons. The van der Waals surface area contributed by atoms with Gasteiger partial charge in [-0.2, -0.15) is 17.7 Å². The van der Waals surface area contributed by atoms with Crippen LogP contribution in [0.25, 0.3) is 10.9 Å². The Balaban J connectivity index is 2.66. The van der Waals surface area contributed by atoms with Gasteiger partial charge in [0.15, 0.2) is 5.69 Å². The van der Waals surface area contributed by atoms with E-state index in [2.05, 4.69) is 23.0 Å². The minimum Gasteiger partial charge on any atom is -0.350 e. The van der Waals surface area contributed by atoms with Crippen LogP contribution in [0.1, 0.15) is 17.4 Å². The Kier molecular flexibility index (Phi) is 4.76. The molecule has 22 heavy (non-hydrogen) atoms. The first-order valence-corrected chi connectivity index (χ1v) is 7.21. The van der Waals surface area contributed by atoms with Crippen molar-refractivity contribution in [2.45, 2.75) is 13.5 Å². The van der Waals surface area contributed by atoms with Crippen molar-refractivity contribution in [3.05, 3.63) is 44.2 Å². The maximum Gasteiger partial charge on any atom is 0.275 e. The number of aromatic nitrogens is 2. The Morgan fingerprint density at radius 3 is 2.82 bits per heavy atom. The zero-order valence-electron chi connectivity index (χ0n) is 11.8. The van der Waals surface area contributed by atoms with Crippen LogP contribution in [0.4, 0.5) is 5.69 Å². The molecule has 0 bridgehead atoms. The number of hydrogen-bond donors (Lipinski definition) is 2. The summed E-state index contributed by atoms with van der Waals surface area (Å²) in [7, 11) is 0. The van der Waals surface area contributed by atoms with E-state index in [0.717, 1.165) is 0 Å². The molecule has 1 aromatic carbocycles. The SMILES string of the molecule is CCn1nc(C(=O)NCCS)c(=O)c2ccc([N+](=O)[O-])cc21. The lowest BCUT2D eigenvalue weighted by Crippen LogP contribution is -2.33. The van der Waals surface area contributed by atoms with Crippen molar-refractivity contribution in [3.8, 4) is 0 Å². The predicted octanol–water partition coefficient (Wildman–Crippen LogP) is 0.984. The largest absolute Gasteiger partial charge is 0.350 e. The number of thiol groups is 1. The third kappa shape index (κ3) is 2.93. The van der Waals surface area contributed by atoms with Crippen LogP contribution in [0.15, 0.2) is 23.0 Å². The highest BCUT2D eigenvalue weighted by Gasteiger charge is 2.18. The lowest BCUT2D eigenvalue weighted by atomic mass is 10.1. The Hall–Kier alpha value is -2.42. The Bertz CT molecular complexity index is 802. The maximum atomic E-state index is 12.4. The first-order valence-electron chi connectivity index (χ1n) is 6.58. The number of carbonyl (C=O) groups excluding carboxylic acids is 1. The molecule has 0 atom stereocenters. The Labute approximate surface area is 130 Å². The second-order valence-corrected chi connectivity index (χ2v) is 4.88.